The monoisotopic (exact) mass is 474 g/mol. The Morgan fingerprint density at radius 3 is 2.38 bits per heavy atom. The van der Waals surface area contributed by atoms with Crippen LogP contribution in [0.25, 0.3) is 10.1 Å². The van der Waals surface area contributed by atoms with E-state index in [0.717, 1.165) is 10.1 Å². The number of benzene rings is 2. The van der Waals surface area contributed by atoms with Crippen LogP contribution < -0.4 is 20.9 Å². The van der Waals surface area contributed by atoms with Crippen molar-refractivity contribution in [3.8, 4) is 5.75 Å². The van der Waals surface area contributed by atoms with Gasteiger partial charge in [-0.05, 0) is 56.6 Å². The minimum atomic E-state index is -0.520. The number of fused-ring (bicyclic) bond motifs is 1. The van der Waals surface area contributed by atoms with Gasteiger partial charge < -0.3 is 15.0 Å². The maximum absolute atomic E-state index is 12.5. The Hall–Kier alpha value is -3.14. The van der Waals surface area contributed by atoms with Crippen molar-refractivity contribution in [2.75, 3.05) is 33.1 Å². The summed E-state index contributed by atoms with van der Waals surface area (Å²) in [6.07, 6.45) is 0.369. The van der Waals surface area contributed by atoms with Crippen molar-refractivity contribution in [3.63, 3.8) is 0 Å². The second-order valence-corrected chi connectivity index (χ2v) is 8.62. The summed E-state index contributed by atoms with van der Waals surface area (Å²) in [5.74, 6) is -0.468. The number of amides is 3. The molecule has 168 valence electrons. The molecule has 3 amide bonds. The van der Waals surface area contributed by atoms with Gasteiger partial charge in [0.15, 0.2) is 0 Å². The van der Waals surface area contributed by atoms with Gasteiger partial charge in [-0.25, -0.2) is 0 Å². The summed E-state index contributed by atoms with van der Waals surface area (Å²) in [5.41, 5.74) is 5.67. The van der Waals surface area contributed by atoms with Crippen molar-refractivity contribution in [2.24, 2.45) is 0 Å². The first-order valence-electron chi connectivity index (χ1n) is 9.70. The average molecular weight is 475 g/mol. The van der Waals surface area contributed by atoms with Crippen molar-refractivity contribution < 1.29 is 19.1 Å². The Morgan fingerprint density at radius 1 is 1.03 bits per heavy atom. The molecule has 3 rings (SSSR count). The molecule has 0 atom stereocenters. The highest BCUT2D eigenvalue weighted by atomic mass is 35.5. The molecule has 8 nitrogen and oxygen atoms in total. The summed E-state index contributed by atoms with van der Waals surface area (Å²) in [6, 6.07) is 11.7. The molecular formula is C22H23ClN4O4S. The lowest BCUT2D eigenvalue weighted by atomic mass is 10.2. The van der Waals surface area contributed by atoms with E-state index in [1.807, 2.05) is 19.0 Å². The Kier molecular flexibility index (Phi) is 7.68. The highest BCUT2D eigenvalue weighted by Gasteiger charge is 2.18. The van der Waals surface area contributed by atoms with E-state index in [2.05, 4.69) is 16.2 Å². The number of nitrogens with zero attached hydrogens (tertiary/aromatic N) is 1. The molecule has 10 heteroatoms. The summed E-state index contributed by atoms with van der Waals surface area (Å²) < 4.78 is 5.99. The smallest absolute Gasteiger partial charge is 0.281 e. The van der Waals surface area contributed by atoms with Crippen LogP contribution in [0.4, 0.5) is 5.69 Å². The molecule has 0 unspecified atom stereocenters. The molecule has 3 aromatic rings. The van der Waals surface area contributed by atoms with E-state index < -0.39 is 11.8 Å². The van der Waals surface area contributed by atoms with E-state index >= 15 is 0 Å². The van der Waals surface area contributed by atoms with Crippen LogP contribution in [0.1, 0.15) is 26.5 Å². The lowest BCUT2D eigenvalue weighted by Crippen LogP contribution is -2.41. The fourth-order valence-corrected chi connectivity index (χ4v) is 4.26. The number of hydrogen-bond acceptors (Lipinski definition) is 6. The molecule has 32 heavy (non-hydrogen) atoms. The molecule has 0 fully saturated rings. The quantitative estimate of drug-likeness (QED) is 0.455. The maximum atomic E-state index is 12.5. The molecule has 1 heterocycles. The number of nitrogens with one attached hydrogen (secondary N) is 3. The van der Waals surface area contributed by atoms with Crippen molar-refractivity contribution in [3.05, 3.63) is 57.9 Å². The van der Waals surface area contributed by atoms with Crippen molar-refractivity contribution in [1.82, 2.24) is 15.8 Å². The lowest BCUT2D eigenvalue weighted by molar-refractivity contribution is -0.116. The second-order valence-electron chi connectivity index (χ2n) is 7.19. The van der Waals surface area contributed by atoms with Gasteiger partial charge in [0.05, 0.1) is 12.1 Å². The van der Waals surface area contributed by atoms with Crippen molar-refractivity contribution >= 4 is 56.4 Å². The summed E-state index contributed by atoms with van der Waals surface area (Å²) in [6.45, 7) is 0.642. The third kappa shape index (κ3) is 5.76. The third-order valence-electron chi connectivity index (χ3n) is 4.55. The van der Waals surface area contributed by atoms with E-state index in [4.69, 9.17) is 16.3 Å². The molecule has 1 aromatic heterocycles. The fraction of sp³-hybridized carbons (Fsp3) is 0.227. The van der Waals surface area contributed by atoms with Crippen LogP contribution in [0, 0.1) is 0 Å². The van der Waals surface area contributed by atoms with Gasteiger partial charge in [0.1, 0.15) is 10.6 Å². The molecule has 0 saturated carbocycles. The molecular weight excluding hydrogens is 452 g/mol. The van der Waals surface area contributed by atoms with E-state index in [1.165, 1.54) is 11.3 Å². The van der Waals surface area contributed by atoms with Gasteiger partial charge in [-0.2, -0.15) is 0 Å². The van der Waals surface area contributed by atoms with Crippen molar-refractivity contribution in [1.29, 1.82) is 0 Å². The van der Waals surface area contributed by atoms with Gasteiger partial charge in [0.25, 0.3) is 11.8 Å². The van der Waals surface area contributed by atoms with Crippen LogP contribution in [-0.2, 0) is 4.79 Å². The predicted octanol–water partition coefficient (Wildman–Crippen LogP) is 3.53. The maximum Gasteiger partial charge on any atom is 0.281 e. The summed E-state index contributed by atoms with van der Waals surface area (Å²) >= 11 is 7.54. The minimum Gasteiger partial charge on any atom is -0.497 e. The Labute approximate surface area is 194 Å². The molecule has 0 aliphatic heterocycles. The van der Waals surface area contributed by atoms with Gasteiger partial charge in [0.2, 0.25) is 5.91 Å². The number of thiophene rings is 1. The second kappa shape index (κ2) is 10.4. The number of methoxy groups -OCH3 is 1. The summed E-state index contributed by atoms with van der Waals surface area (Å²) in [5, 5.41) is 3.82. The van der Waals surface area contributed by atoms with Crippen LogP contribution in [0.2, 0.25) is 5.02 Å². The topological polar surface area (TPSA) is 99.8 Å². The first-order chi connectivity index (χ1) is 15.3. The molecule has 0 radical (unpaired) electrons. The standard InChI is InChI=1S/C22H23ClN4O4S/c1-27(2)11-10-18(28)24-14-6-4-13(5-7-14)21(29)25-26-22(30)20-19(23)16-9-8-15(31-3)12-17(16)32-20/h4-9,12H,10-11H2,1-3H3,(H,24,28)(H,25,29)(H,26,30). The molecule has 0 bridgehead atoms. The number of ether oxygens (including phenoxy) is 1. The Balaban J connectivity index is 1.58. The molecule has 0 aliphatic rings. The van der Waals surface area contributed by atoms with Crippen LogP contribution >= 0.6 is 22.9 Å². The zero-order chi connectivity index (χ0) is 23.3. The Morgan fingerprint density at radius 2 is 1.72 bits per heavy atom. The van der Waals surface area contributed by atoms with Crippen LogP contribution in [0.3, 0.4) is 0 Å². The molecule has 0 spiro atoms. The number of anilines is 1. The zero-order valence-corrected chi connectivity index (χ0v) is 19.4. The van der Waals surface area contributed by atoms with Gasteiger partial charge in [-0.1, -0.05) is 11.6 Å². The van der Waals surface area contributed by atoms with Crippen LogP contribution in [0.15, 0.2) is 42.5 Å². The highest BCUT2D eigenvalue weighted by molar-refractivity contribution is 7.21. The van der Waals surface area contributed by atoms with E-state index in [0.29, 0.717) is 35.0 Å². The number of hydrazine groups is 1. The van der Waals surface area contributed by atoms with Crippen LogP contribution in [-0.4, -0.2) is 50.4 Å². The molecule has 0 saturated heterocycles. The predicted molar refractivity (Wildman–Crippen MR) is 127 cm³/mol. The van der Waals surface area contributed by atoms with Gasteiger partial charge in [-0.15, -0.1) is 11.3 Å². The van der Waals surface area contributed by atoms with Gasteiger partial charge in [0, 0.05) is 34.3 Å². The van der Waals surface area contributed by atoms with E-state index in [9.17, 15) is 14.4 Å². The lowest BCUT2D eigenvalue weighted by Gasteiger charge is -2.10. The first-order valence-corrected chi connectivity index (χ1v) is 10.9. The summed E-state index contributed by atoms with van der Waals surface area (Å²) in [7, 11) is 5.35. The SMILES string of the molecule is COc1ccc2c(Cl)c(C(=O)NNC(=O)c3ccc(NC(=O)CCN(C)C)cc3)sc2c1. The minimum absolute atomic E-state index is 0.110. The van der Waals surface area contributed by atoms with E-state index in [1.54, 1.807) is 49.6 Å². The average Bonchev–Trinajstić information content (AvgIpc) is 3.12. The van der Waals surface area contributed by atoms with Gasteiger partial charge >= 0.3 is 0 Å². The van der Waals surface area contributed by atoms with Crippen LogP contribution in [0.5, 0.6) is 5.75 Å². The number of carbonyl (C=O) groups is 3. The zero-order valence-electron chi connectivity index (χ0n) is 17.8. The van der Waals surface area contributed by atoms with Gasteiger partial charge in [-0.3, -0.25) is 25.2 Å². The van der Waals surface area contributed by atoms with E-state index in [-0.39, 0.29) is 10.8 Å². The number of carbonyl (C=O) groups excluding carboxylic acids is 3. The highest BCUT2D eigenvalue weighted by Crippen LogP contribution is 2.37. The molecule has 2 aromatic carbocycles. The largest absolute Gasteiger partial charge is 0.497 e. The number of halogens is 1. The molecule has 0 aliphatic carbocycles. The number of rotatable bonds is 7. The fourth-order valence-electron chi connectivity index (χ4n) is 2.81. The third-order valence-corrected chi connectivity index (χ3v) is 6.21. The summed E-state index contributed by atoms with van der Waals surface area (Å²) in [4.78, 5) is 39.0. The van der Waals surface area contributed by atoms with Crippen molar-refractivity contribution in [2.45, 2.75) is 6.42 Å². The molecule has 3 N–H and O–H groups in total. The Bertz CT molecular complexity index is 1140. The number of hydrogen-bond donors (Lipinski definition) is 3. The first kappa shape index (κ1) is 23.5. The normalized spacial score (nSPS) is 10.8.